The highest BCUT2D eigenvalue weighted by Gasteiger charge is 2.22. The van der Waals surface area contributed by atoms with Crippen molar-refractivity contribution >= 4 is 5.91 Å². The van der Waals surface area contributed by atoms with Crippen molar-refractivity contribution in [3.63, 3.8) is 0 Å². The highest BCUT2D eigenvalue weighted by atomic mass is 16.2. The second-order valence-electron chi connectivity index (χ2n) is 6.35. The number of amides is 1. The Morgan fingerprint density at radius 2 is 1.81 bits per heavy atom. The van der Waals surface area contributed by atoms with E-state index in [4.69, 9.17) is 5.73 Å². The summed E-state index contributed by atoms with van der Waals surface area (Å²) in [6.07, 6.45) is 8.33. The van der Waals surface area contributed by atoms with Crippen LogP contribution in [0.1, 0.15) is 51.0 Å². The number of benzene rings is 1. The van der Waals surface area contributed by atoms with Gasteiger partial charge in [-0.2, -0.15) is 0 Å². The third-order valence-corrected chi connectivity index (χ3v) is 4.61. The third-order valence-electron chi connectivity index (χ3n) is 4.61. The van der Waals surface area contributed by atoms with E-state index in [1.54, 1.807) is 0 Å². The molecule has 1 amide bonds. The van der Waals surface area contributed by atoms with E-state index in [0.717, 1.165) is 5.56 Å². The second kappa shape index (κ2) is 8.18. The smallest absolute Gasteiger partial charge is 0.237 e. The lowest BCUT2D eigenvalue weighted by molar-refractivity contribution is -0.123. The molecule has 0 heterocycles. The van der Waals surface area contributed by atoms with E-state index >= 15 is 0 Å². The number of carbonyl (C=O) groups is 1. The molecular formula is C18H28N2O. The fourth-order valence-electron chi connectivity index (χ4n) is 3.22. The lowest BCUT2D eigenvalue weighted by atomic mass is 9.92. The van der Waals surface area contributed by atoms with Crippen LogP contribution < -0.4 is 11.1 Å². The van der Waals surface area contributed by atoms with Crippen molar-refractivity contribution < 1.29 is 4.79 Å². The number of nitrogens with two attached hydrogens (primary N) is 1. The molecule has 0 aromatic heterocycles. The quantitative estimate of drug-likeness (QED) is 0.818. The predicted molar refractivity (Wildman–Crippen MR) is 86.9 cm³/mol. The van der Waals surface area contributed by atoms with Gasteiger partial charge in [-0.3, -0.25) is 4.79 Å². The number of rotatable bonds is 5. The van der Waals surface area contributed by atoms with Gasteiger partial charge in [0.1, 0.15) is 0 Å². The Balaban J connectivity index is 1.82. The average molecular weight is 288 g/mol. The van der Waals surface area contributed by atoms with Crippen molar-refractivity contribution in [1.82, 2.24) is 5.32 Å². The summed E-state index contributed by atoms with van der Waals surface area (Å²) in [5.74, 6) is 0.593. The third kappa shape index (κ3) is 5.16. The van der Waals surface area contributed by atoms with Crippen LogP contribution in [0.25, 0.3) is 0 Å². The van der Waals surface area contributed by atoms with Crippen LogP contribution in [-0.4, -0.2) is 18.0 Å². The van der Waals surface area contributed by atoms with Crippen molar-refractivity contribution in [3.05, 3.63) is 35.9 Å². The van der Waals surface area contributed by atoms with E-state index in [2.05, 4.69) is 12.2 Å². The highest BCUT2D eigenvalue weighted by Crippen LogP contribution is 2.25. The largest absolute Gasteiger partial charge is 0.352 e. The first-order valence-corrected chi connectivity index (χ1v) is 8.26. The number of nitrogens with one attached hydrogen (secondary N) is 1. The summed E-state index contributed by atoms with van der Waals surface area (Å²) in [6, 6.07) is 9.74. The van der Waals surface area contributed by atoms with Gasteiger partial charge < -0.3 is 11.1 Å². The molecule has 0 bridgehead atoms. The monoisotopic (exact) mass is 288 g/mol. The molecule has 3 N–H and O–H groups in total. The molecule has 1 saturated carbocycles. The summed E-state index contributed by atoms with van der Waals surface area (Å²) in [5.41, 5.74) is 7.16. The van der Waals surface area contributed by atoms with Gasteiger partial charge in [0.15, 0.2) is 0 Å². The molecule has 1 fully saturated rings. The molecule has 1 unspecified atom stereocenters. The van der Waals surface area contributed by atoms with Gasteiger partial charge in [0.2, 0.25) is 5.91 Å². The van der Waals surface area contributed by atoms with Crippen LogP contribution in [0.4, 0.5) is 0 Å². The normalized spacial score (nSPS) is 19.5. The number of hydrogen-bond donors (Lipinski definition) is 2. The lowest BCUT2D eigenvalue weighted by Gasteiger charge is -2.25. The molecular weight excluding hydrogens is 260 g/mol. The summed E-state index contributed by atoms with van der Waals surface area (Å²) in [6.45, 7) is 2.13. The molecule has 1 aromatic rings. The average Bonchev–Trinajstić information content (AvgIpc) is 2.77. The van der Waals surface area contributed by atoms with Crippen molar-refractivity contribution in [1.29, 1.82) is 0 Å². The molecule has 3 heteroatoms. The van der Waals surface area contributed by atoms with Crippen molar-refractivity contribution in [2.24, 2.45) is 11.7 Å². The number of carbonyl (C=O) groups excluding carboxylic acids is 1. The Labute approximate surface area is 128 Å². The number of hydrogen-bond acceptors (Lipinski definition) is 2. The minimum Gasteiger partial charge on any atom is -0.352 e. The van der Waals surface area contributed by atoms with Gasteiger partial charge in [-0.05, 0) is 37.7 Å². The van der Waals surface area contributed by atoms with Gasteiger partial charge in [-0.15, -0.1) is 0 Å². The van der Waals surface area contributed by atoms with Crippen LogP contribution >= 0.6 is 0 Å². The molecule has 1 aliphatic rings. The van der Waals surface area contributed by atoms with Gasteiger partial charge in [-0.1, -0.05) is 56.0 Å². The van der Waals surface area contributed by atoms with Crippen LogP contribution in [0.2, 0.25) is 0 Å². The Morgan fingerprint density at radius 3 is 2.43 bits per heavy atom. The van der Waals surface area contributed by atoms with Gasteiger partial charge in [0.05, 0.1) is 6.04 Å². The predicted octanol–water partition coefficient (Wildman–Crippen LogP) is 3.03. The summed E-state index contributed by atoms with van der Waals surface area (Å²) in [7, 11) is 0. The SMILES string of the molecule is C[C@H](NC(=O)C(N)Cc1ccccc1)C1CCCCCC1. The molecule has 1 aliphatic carbocycles. The highest BCUT2D eigenvalue weighted by molar-refractivity contribution is 5.82. The maximum atomic E-state index is 12.3. The van der Waals surface area contributed by atoms with Crippen molar-refractivity contribution in [2.75, 3.05) is 0 Å². The van der Waals surface area contributed by atoms with E-state index in [1.807, 2.05) is 30.3 Å². The van der Waals surface area contributed by atoms with E-state index in [1.165, 1.54) is 38.5 Å². The molecule has 21 heavy (non-hydrogen) atoms. The molecule has 2 atom stereocenters. The molecule has 0 spiro atoms. The van der Waals surface area contributed by atoms with E-state index in [0.29, 0.717) is 12.3 Å². The minimum atomic E-state index is -0.458. The molecule has 0 radical (unpaired) electrons. The lowest BCUT2D eigenvalue weighted by Crippen LogP contribution is -2.47. The molecule has 2 rings (SSSR count). The summed E-state index contributed by atoms with van der Waals surface area (Å²) in [4.78, 5) is 12.3. The van der Waals surface area contributed by atoms with Gasteiger partial charge in [0, 0.05) is 6.04 Å². The summed E-state index contributed by atoms with van der Waals surface area (Å²) in [5, 5.41) is 3.13. The van der Waals surface area contributed by atoms with Crippen LogP contribution in [0.5, 0.6) is 0 Å². The standard InChI is InChI=1S/C18H28N2O/c1-14(16-11-7-2-3-8-12-16)20-18(21)17(19)13-15-9-5-4-6-10-15/h4-6,9-10,14,16-17H,2-3,7-8,11-13,19H2,1H3,(H,20,21)/t14-,17?/m0/s1. The maximum absolute atomic E-state index is 12.3. The van der Waals surface area contributed by atoms with Crippen molar-refractivity contribution in [2.45, 2.75) is 64.0 Å². The van der Waals surface area contributed by atoms with Crippen LogP contribution in [-0.2, 0) is 11.2 Å². The zero-order chi connectivity index (χ0) is 15.1. The maximum Gasteiger partial charge on any atom is 0.237 e. The molecule has 3 nitrogen and oxygen atoms in total. The van der Waals surface area contributed by atoms with Crippen LogP contribution in [0, 0.1) is 5.92 Å². The topological polar surface area (TPSA) is 55.1 Å². The summed E-state index contributed by atoms with van der Waals surface area (Å²) >= 11 is 0. The first-order valence-electron chi connectivity index (χ1n) is 8.26. The van der Waals surface area contributed by atoms with Gasteiger partial charge in [0.25, 0.3) is 0 Å². The Hall–Kier alpha value is -1.35. The van der Waals surface area contributed by atoms with Gasteiger partial charge >= 0.3 is 0 Å². The first-order chi connectivity index (χ1) is 10.2. The van der Waals surface area contributed by atoms with Crippen LogP contribution in [0.3, 0.4) is 0 Å². The van der Waals surface area contributed by atoms with Gasteiger partial charge in [-0.25, -0.2) is 0 Å². The Kier molecular flexibility index (Phi) is 6.24. The first kappa shape index (κ1) is 16.0. The van der Waals surface area contributed by atoms with Crippen molar-refractivity contribution in [3.8, 4) is 0 Å². The zero-order valence-corrected chi connectivity index (χ0v) is 13.1. The van der Waals surface area contributed by atoms with Crippen LogP contribution in [0.15, 0.2) is 30.3 Å². The Bertz CT molecular complexity index is 424. The van der Waals surface area contributed by atoms with E-state index in [-0.39, 0.29) is 11.9 Å². The zero-order valence-electron chi connectivity index (χ0n) is 13.1. The fourth-order valence-corrected chi connectivity index (χ4v) is 3.22. The second-order valence-corrected chi connectivity index (χ2v) is 6.35. The minimum absolute atomic E-state index is 0.0180. The molecule has 116 valence electrons. The Morgan fingerprint density at radius 1 is 1.19 bits per heavy atom. The fraction of sp³-hybridized carbons (Fsp3) is 0.611. The molecule has 0 aliphatic heterocycles. The molecule has 0 saturated heterocycles. The molecule has 1 aromatic carbocycles. The van der Waals surface area contributed by atoms with E-state index in [9.17, 15) is 4.79 Å². The summed E-state index contributed by atoms with van der Waals surface area (Å²) < 4.78 is 0. The van der Waals surface area contributed by atoms with E-state index < -0.39 is 6.04 Å².